The van der Waals surface area contributed by atoms with Gasteiger partial charge in [0, 0.05) is 25.1 Å². The number of nitrogens with zero attached hydrogens (tertiary/aromatic N) is 1. The van der Waals surface area contributed by atoms with E-state index in [1.807, 2.05) is 4.90 Å². The fourth-order valence-corrected chi connectivity index (χ4v) is 4.03. The van der Waals surface area contributed by atoms with E-state index in [0.717, 1.165) is 38.7 Å². The number of rotatable bonds is 2. The van der Waals surface area contributed by atoms with Gasteiger partial charge in [0.05, 0.1) is 0 Å². The third-order valence-electron chi connectivity index (χ3n) is 5.00. The number of ether oxygens (including phenoxy) is 1. The molecule has 0 bridgehead atoms. The highest BCUT2D eigenvalue weighted by molar-refractivity contribution is 5.74. The van der Waals surface area contributed by atoms with Crippen LogP contribution in [0.2, 0.25) is 0 Å². The monoisotopic (exact) mass is 282 g/mol. The van der Waals surface area contributed by atoms with Gasteiger partial charge in [0.1, 0.15) is 0 Å². The molecule has 0 aromatic carbocycles. The smallest absolute Gasteiger partial charge is 0.341 e. The second kappa shape index (κ2) is 6.31. The molecule has 2 heterocycles. The van der Waals surface area contributed by atoms with Crippen LogP contribution in [-0.2, 0) is 9.57 Å². The van der Waals surface area contributed by atoms with E-state index in [4.69, 9.17) is 9.57 Å². The zero-order valence-electron chi connectivity index (χ0n) is 12.3. The van der Waals surface area contributed by atoms with Gasteiger partial charge in [0.15, 0.2) is 6.29 Å². The van der Waals surface area contributed by atoms with E-state index in [1.54, 1.807) is 0 Å². The van der Waals surface area contributed by atoms with Crippen LogP contribution in [0.4, 0.5) is 4.79 Å². The number of amides is 2. The molecule has 1 saturated carbocycles. The van der Waals surface area contributed by atoms with Crippen molar-refractivity contribution in [2.24, 2.45) is 5.92 Å². The summed E-state index contributed by atoms with van der Waals surface area (Å²) in [6, 6.07) is 0.648. The fraction of sp³-hybridized carbons (Fsp3) is 0.933. The number of hydrogen-bond donors (Lipinski definition) is 1. The van der Waals surface area contributed by atoms with Gasteiger partial charge >= 0.3 is 6.03 Å². The van der Waals surface area contributed by atoms with Gasteiger partial charge in [-0.3, -0.25) is 0 Å². The van der Waals surface area contributed by atoms with Crippen LogP contribution >= 0.6 is 0 Å². The fourth-order valence-electron chi connectivity index (χ4n) is 4.03. The summed E-state index contributed by atoms with van der Waals surface area (Å²) in [7, 11) is 0. The number of likely N-dealkylation sites (tertiary alicyclic amines) is 1. The maximum Gasteiger partial charge on any atom is 0.341 e. The summed E-state index contributed by atoms with van der Waals surface area (Å²) in [6.45, 7) is 2.88. The molecule has 2 aliphatic heterocycles. The summed E-state index contributed by atoms with van der Waals surface area (Å²) in [5.41, 5.74) is 2.62. The number of hydrogen-bond acceptors (Lipinski definition) is 3. The SMILES string of the molecule is C[C@@H]1C[C@@H]2CCCC[C@@H]2N1C(=O)NO[C@@H]1CCCCO1. The summed E-state index contributed by atoms with van der Waals surface area (Å²) >= 11 is 0. The first kappa shape index (κ1) is 14.1. The van der Waals surface area contributed by atoms with Crippen LogP contribution in [0, 0.1) is 5.92 Å². The minimum absolute atomic E-state index is 0.0823. The molecule has 1 aliphatic carbocycles. The van der Waals surface area contributed by atoms with Crippen molar-refractivity contribution in [2.75, 3.05) is 6.61 Å². The van der Waals surface area contributed by atoms with Crippen molar-refractivity contribution in [3.8, 4) is 0 Å². The third-order valence-corrected chi connectivity index (χ3v) is 5.00. The highest BCUT2D eigenvalue weighted by Gasteiger charge is 2.42. The minimum atomic E-state index is -0.271. The topological polar surface area (TPSA) is 50.8 Å². The van der Waals surface area contributed by atoms with E-state index in [1.165, 1.54) is 19.3 Å². The Morgan fingerprint density at radius 2 is 2.00 bits per heavy atom. The Hall–Kier alpha value is -0.810. The van der Waals surface area contributed by atoms with Crippen molar-refractivity contribution in [3.05, 3.63) is 0 Å². The highest BCUT2D eigenvalue weighted by atomic mass is 16.8. The summed E-state index contributed by atoms with van der Waals surface area (Å²) in [5.74, 6) is 0.690. The number of fused-ring (bicyclic) bond motifs is 1. The number of hydroxylamine groups is 1. The molecule has 4 atom stereocenters. The molecule has 1 N–H and O–H groups in total. The normalized spacial score (nSPS) is 37.5. The van der Waals surface area contributed by atoms with Crippen LogP contribution in [0.25, 0.3) is 0 Å². The molecular weight excluding hydrogens is 256 g/mol. The molecule has 0 unspecified atom stereocenters. The van der Waals surface area contributed by atoms with Gasteiger partial charge in [-0.2, -0.15) is 0 Å². The van der Waals surface area contributed by atoms with E-state index < -0.39 is 0 Å². The van der Waals surface area contributed by atoms with E-state index in [-0.39, 0.29) is 12.3 Å². The lowest BCUT2D eigenvalue weighted by atomic mass is 9.85. The van der Waals surface area contributed by atoms with Gasteiger partial charge < -0.3 is 9.64 Å². The van der Waals surface area contributed by atoms with E-state index >= 15 is 0 Å². The van der Waals surface area contributed by atoms with Gasteiger partial charge in [-0.1, -0.05) is 12.8 Å². The molecule has 2 saturated heterocycles. The first-order valence-electron chi connectivity index (χ1n) is 8.11. The largest absolute Gasteiger partial charge is 0.350 e. The Morgan fingerprint density at radius 3 is 2.80 bits per heavy atom. The molecule has 114 valence electrons. The maximum absolute atomic E-state index is 12.4. The van der Waals surface area contributed by atoms with Gasteiger partial charge in [0.2, 0.25) is 0 Å². The van der Waals surface area contributed by atoms with Crippen molar-refractivity contribution >= 4 is 6.03 Å². The van der Waals surface area contributed by atoms with Gasteiger partial charge in [-0.15, -0.1) is 0 Å². The molecule has 2 amide bonds. The molecule has 3 rings (SSSR count). The predicted molar refractivity (Wildman–Crippen MR) is 74.9 cm³/mol. The van der Waals surface area contributed by atoms with Crippen molar-refractivity contribution < 1.29 is 14.4 Å². The van der Waals surface area contributed by atoms with Crippen LogP contribution in [0.3, 0.4) is 0 Å². The number of urea groups is 1. The second-order valence-corrected chi connectivity index (χ2v) is 6.43. The van der Waals surface area contributed by atoms with Crippen molar-refractivity contribution in [3.63, 3.8) is 0 Å². The summed E-state index contributed by atoms with van der Waals surface area (Å²) in [4.78, 5) is 19.8. The number of carbonyl (C=O) groups is 1. The molecule has 0 aromatic heterocycles. The quantitative estimate of drug-likeness (QED) is 0.792. The third kappa shape index (κ3) is 2.93. The summed E-state index contributed by atoms with van der Waals surface area (Å²) in [5, 5.41) is 0. The van der Waals surface area contributed by atoms with Crippen molar-refractivity contribution in [1.29, 1.82) is 0 Å². The zero-order valence-corrected chi connectivity index (χ0v) is 12.3. The van der Waals surface area contributed by atoms with Crippen LogP contribution in [-0.4, -0.2) is 35.9 Å². The van der Waals surface area contributed by atoms with E-state index in [0.29, 0.717) is 18.0 Å². The van der Waals surface area contributed by atoms with E-state index in [9.17, 15) is 4.79 Å². The van der Waals surface area contributed by atoms with Gasteiger partial charge in [0.25, 0.3) is 0 Å². The summed E-state index contributed by atoms with van der Waals surface area (Å²) in [6.07, 6.45) is 8.88. The molecule has 3 fully saturated rings. The molecule has 5 nitrogen and oxygen atoms in total. The standard InChI is InChI=1S/C15H26N2O3/c1-11-10-12-6-2-3-7-13(12)17(11)15(18)16-20-14-8-4-5-9-19-14/h11-14H,2-10H2,1H3,(H,16,18)/t11-,12+,13+,14-/m1/s1. The first-order valence-corrected chi connectivity index (χ1v) is 8.11. The van der Waals surface area contributed by atoms with E-state index in [2.05, 4.69) is 12.4 Å². The Bertz CT molecular complexity index is 344. The van der Waals surface area contributed by atoms with Crippen molar-refractivity contribution in [2.45, 2.75) is 76.7 Å². The lowest BCUT2D eigenvalue weighted by Crippen LogP contribution is -2.48. The highest BCUT2D eigenvalue weighted by Crippen LogP contribution is 2.39. The van der Waals surface area contributed by atoms with Gasteiger partial charge in [-0.05, 0) is 44.9 Å². The average Bonchev–Trinajstić information content (AvgIpc) is 2.82. The zero-order chi connectivity index (χ0) is 13.9. The minimum Gasteiger partial charge on any atom is -0.350 e. The first-order chi connectivity index (χ1) is 9.75. The average molecular weight is 282 g/mol. The predicted octanol–water partition coefficient (Wildman–Crippen LogP) is 2.81. The Labute approximate surface area is 120 Å². The van der Waals surface area contributed by atoms with Crippen molar-refractivity contribution in [1.82, 2.24) is 10.4 Å². The molecular formula is C15H26N2O3. The van der Waals surface area contributed by atoms with Crippen LogP contribution in [0.1, 0.15) is 58.3 Å². The Morgan fingerprint density at radius 1 is 1.20 bits per heavy atom. The molecule has 5 heteroatoms. The molecule has 0 radical (unpaired) electrons. The second-order valence-electron chi connectivity index (χ2n) is 6.43. The molecule has 0 spiro atoms. The number of carbonyl (C=O) groups excluding carboxylic acids is 1. The lowest BCUT2D eigenvalue weighted by Gasteiger charge is -2.33. The maximum atomic E-state index is 12.4. The van der Waals surface area contributed by atoms with Crippen LogP contribution in [0.15, 0.2) is 0 Å². The molecule has 3 aliphatic rings. The summed E-state index contributed by atoms with van der Waals surface area (Å²) < 4.78 is 5.47. The Kier molecular flexibility index (Phi) is 4.46. The van der Waals surface area contributed by atoms with Gasteiger partial charge in [-0.25, -0.2) is 15.1 Å². The van der Waals surface area contributed by atoms with Crippen LogP contribution in [0.5, 0.6) is 0 Å². The molecule has 20 heavy (non-hydrogen) atoms. The number of nitrogens with one attached hydrogen (secondary N) is 1. The molecule has 0 aromatic rings. The van der Waals surface area contributed by atoms with Crippen LogP contribution < -0.4 is 5.48 Å². The lowest BCUT2D eigenvalue weighted by molar-refractivity contribution is -0.188. The Balaban J connectivity index is 1.53.